The summed E-state index contributed by atoms with van der Waals surface area (Å²) in [5.41, 5.74) is 0. The molecule has 0 atom stereocenters. The minimum atomic E-state index is 0. The second kappa shape index (κ2) is 11.4. The number of carbonyl (C=O) groups excluding carboxylic acids is 1. The third-order valence-corrected chi connectivity index (χ3v) is 1.65. The van der Waals surface area contributed by atoms with E-state index in [1.165, 1.54) is 45.7 Å². The minimum absolute atomic E-state index is 0. The van der Waals surface area contributed by atoms with E-state index in [1.807, 2.05) is 0 Å². The largest absolute Gasteiger partial charge is 1.00 e. The summed E-state index contributed by atoms with van der Waals surface area (Å²) in [6, 6.07) is 0. The first kappa shape index (κ1) is 14.9. The van der Waals surface area contributed by atoms with E-state index < -0.39 is 0 Å². The number of hydrogen-bond acceptors (Lipinski definition) is 2. The molecule has 0 aromatic rings. The standard InChI is InChI=1S/C6H13N.C2H3O.Rb/c1-2-7-5-3-4-6-7;1-2-3;/h2-6H2,1H3;1H3;/q;-1;+1. The summed E-state index contributed by atoms with van der Waals surface area (Å²) in [4.78, 5) is 11.2. The predicted octanol–water partition coefficient (Wildman–Crippen LogP) is -1.78. The molecule has 0 radical (unpaired) electrons. The van der Waals surface area contributed by atoms with Crippen molar-refractivity contribution >= 4 is 6.29 Å². The van der Waals surface area contributed by atoms with Gasteiger partial charge in [0.2, 0.25) is 0 Å². The Balaban J connectivity index is 0. The van der Waals surface area contributed by atoms with Gasteiger partial charge < -0.3 is 9.69 Å². The monoisotopic (exact) mass is 227 g/mol. The first-order valence-corrected chi connectivity index (χ1v) is 3.86. The Morgan fingerprint density at radius 1 is 1.36 bits per heavy atom. The van der Waals surface area contributed by atoms with Gasteiger partial charge in [0.25, 0.3) is 0 Å². The van der Waals surface area contributed by atoms with Gasteiger partial charge in [-0.25, -0.2) is 0 Å². The zero-order valence-electron chi connectivity index (χ0n) is 7.89. The molecule has 0 aromatic carbocycles. The van der Waals surface area contributed by atoms with E-state index in [1.54, 1.807) is 0 Å². The third kappa shape index (κ3) is 9.35. The van der Waals surface area contributed by atoms with Crippen LogP contribution in [0.1, 0.15) is 26.7 Å². The fourth-order valence-corrected chi connectivity index (χ4v) is 1.10. The van der Waals surface area contributed by atoms with E-state index in [2.05, 4.69) is 11.8 Å². The molecule has 11 heavy (non-hydrogen) atoms. The van der Waals surface area contributed by atoms with Crippen molar-refractivity contribution in [1.82, 2.24) is 4.90 Å². The van der Waals surface area contributed by atoms with Gasteiger partial charge in [0, 0.05) is 0 Å². The molecule has 0 saturated carbocycles. The molecule has 1 aliphatic heterocycles. The maximum atomic E-state index is 8.68. The normalized spacial score (nSPS) is 16.2. The average Bonchev–Trinajstić information content (AvgIpc) is 2.39. The molecular formula is C8H16NORb. The number of likely N-dealkylation sites (tertiary alicyclic amines) is 1. The molecule has 3 heteroatoms. The van der Waals surface area contributed by atoms with Gasteiger partial charge >= 0.3 is 58.2 Å². The van der Waals surface area contributed by atoms with Gasteiger partial charge in [-0.15, -0.1) is 0 Å². The van der Waals surface area contributed by atoms with E-state index in [-0.39, 0.29) is 58.2 Å². The Bertz CT molecular complexity index is 82.2. The summed E-state index contributed by atoms with van der Waals surface area (Å²) in [6.45, 7) is 7.48. The molecule has 0 N–H and O–H groups in total. The summed E-state index contributed by atoms with van der Waals surface area (Å²) in [6.07, 6.45) is 4.35. The molecule has 0 bridgehead atoms. The fraction of sp³-hybridized carbons (Fsp3) is 0.875. The van der Waals surface area contributed by atoms with E-state index in [0.29, 0.717) is 0 Å². The smallest absolute Gasteiger partial charge is 0.542 e. The summed E-state index contributed by atoms with van der Waals surface area (Å²) in [5.74, 6) is 0. The predicted molar refractivity (Wildman–Crippen MR) is 42.7 cm³/mol. The Hall–Kier alpha value is 1.44. The van der Waals surface area contributed by atoms with Crippen molar-refractivity contribution in [1.29, 1.82) is 0 Å². The maximum Gasteiger partial charge on any atom is 1.00 e. The molecule has 0 spiro atoms. The van der Waals surface area contributed by atoms with Crippen molar-refractivity contribution in [3.63, 3.8) is 0 Å². The molecule has 1 rings (SSSR count). The summed E-state index contributed by atoms with van der Waals surface area (Å²) >= 11 is 0. The van der Waals surface area contributed by atoms with Gasteiger partial charge in [0.15, 0.2) is 0 Å². The topological polar surface area (TPSA) is 20.3 Å². The van der Waals surface area contributed by atoms with Gasteiger partial charge in [-0.2, -0.15) is 6.92 Å². The van der Waals surface area contributed by atoms with Gasteiger partial charge in [-0.3, -0.25) is 6.29 Å². The number of rotatable bonds is 1. The van der Waals surface area contributed by atoms with Crippen LogP contribution in [0.4, 0.5) is 0 Å². The summed E-state index contributed by atoms with van der Waals surface area (Å²) in [7, 11) is 0. The molecular weight excluding hydrogens is 212 g/mol. The molecule has 0 unspecified atom stereocenters. The number of nitrogens with zero attached hydrogens (tertiary/aromatic N) is 1. The van der Waals surface area contributed by atoms with Crippen molar-refractivity contribution in [2.75, 3.05) is 19.6 Å². The maximum absolute atomic E-state index is 8.68. The molecule has 1 heterocycles. The minimum Gasteiger partial charge on any atom is -0.542 e. The molecule has 1 saturated heterocycles. The third-order valence-electron chi connectivity index (χ3n) is 1.65. The van der Waals surface area contributed by atoms with Crippen LogP contribution in [0, 0.1) is 0 Å². The second-order valence-corrected chi connectivity index (χ2v) is 2.35. The Morgan fingerprint density at radius 3 is 1.91 bits per heavy atom. The molecule has 1 aliphatic rings. The molecule has 1 fully saturated rings. The summed E-state index contributed by atoms with van der Waals surface area (Å²) in [5, 5.41) is 0. The van der Waals surface area contributed by atoms with Crippen LogP contribution in [0.2, 0.25) is 0 Å². The molecule has 0 aromatic heterocycles. The Labute approximate surface area is 119 Å². The SMILES string of the molecule is CCN1CCCC1.C[C-]=O.[Rb+]. The van der Waals surface area contributed by atoms with Crippen LogP contribution in [-0.4, -0.2) is 30.8 Å². The van der Waals surface area contributed by atoms with Gasteiger partial charge in [-0.1, -0.05) is 6.92 Å². The van der Waals surface area contributed by atoms with Crippen LogP contribution in [0.5, 0.6) is 0 Å². The van der Waals surface area contributed by atoms with Gasteiger partial charge in [0.05, 0.1) is 0 Å². The van der Waals surface area contributed by atoms with E-state index >= 15 is 0 Å². The van der Waals surface area contributed by atoms with Crippen LogP contribution in [0.25, 0.3) is 0 Å². The zero-order valence-corrected chi connectivity index (χ0v) is 12.8. The van der Waals surface area contributed by atoms with Crippen molar-refractivity contribution in [2.45, 2.75) is 26.7 Å². The fourth-order valence-electron chi connectivity index (χ4n) is 1.10. The van der Waals surface area contributed by atoms with Crippen LogP contribution in [0.3, 0.4) is 0 Å². The summed E-state index contributed by atoms with van der Waals surface area (Å²) < 4.78 is 0. The van der Waals surface area contributed by atoms with E-state index in [0.717, 1.165) is 0 Å². The van der Waals surface area contributed by atoms with E-state index in [9.17, 15) is 0 Å². The molecule has 2 nitrogen and oxygen atoms in total. The van der Waals surface area contributed by atoms with Crippen LogP contribution in [0.15, 0.2) is 0 Å². The van der Waals surface area contributed by atoms with Crippen molar-refractivity contribution in [2.24, 2.45) is 0 Å². The Kier molecular flexibility index (Phi) is 15.5. The number of hydrogen-bond donors (Lipinski definition) is 0. The van der Waals surface area contributed by atoms with E-state index in [4.69, 9.17) is 4.79 Å². The van der Waals surface area contributed by atoms with Crippen LogP contribution in [-0.2, 0) is 4.79 Å². The Morgan fingerprint density at radius 2 is 1.73 bits per heavy atom. The zero-order chi connectivity index (χ0) is 7.82. The first-order chi connectivity index (χ1) is 4.85. The second-order valence-electron chi connectivity index (χ2n) is 2.35. The van der Waals surface area contributed by atoms with Crippen LogP contribution < -0.4 is 58.2 Å². The van der Waals surface area contributed by atoms with Crippen LogP contribution >= 0.6 is 0 Å². The quantitative estimate of drug-likeness (QED) is 0.494. The molecule has 60 valence electrons. The first-order valence-electron chi connectivity index (χ1n) is 3.86. The average molecular weight is 228 g/mol. The van der Waals surface area contributed by atoms with Crippen molar-refractivity contribution in [3.05, 3.63) is 0 Å². The molecule has 0 aliphatic carbocycles. The van der Waals surface area contributed by atoms with Crippen molar-refractivity contribution in [3.8, 4) is 0 Å². The van der Waals surface area contributed by atoms with Crippen molar-refractivity contribution < 1.29 is 63.0 Å². The molecule has 0 amide bonds. The van der Waals surface area contributed by atoms with Gasteiger partial charge in [-0.05, 0) is 32.5 Å². The van der Waals surface area contributed by atoms with Gasteiger partial charge in [0.1, 0.15) is 0 Å².